The van der Waals surface area contributed by atoms with Gasteiger partial charge in [-0.2, -0.15) is 12.6 Å². The molecule has 4 atom stereocenters. The van der Waals surface area contributed by atoms with E-state index < -0.39 is 0 Å². The van der Waals surface area contributed by atoms with Gasteiger partial charge in [-0.25, -0.2) is 0 Å². The van der Waals surface area contributed by atoms with Gasteiger partial charge in [-0.05, 0) is 19.8 Å². The van der Waals surface area contributed by atoms with Crippen molar-refractivity contribution in [3.05, 3.63) is 12.3 Å². The van der Waals surface area contributed by atoms with Gasteiger partial charge in [0.1, 0.15) is 0 Å². The van der Waals surface area contributed by atoms with Crippen LogP contribution in [0.4, 0.5) is 0 Å². The second-order valence-corrected chi connectivity index (χ2v) is 5.57. The van der Waals surface area contributed by atoms with E-state index in [9.17, 15) is 0 Å². The van der Waals surface area contributed by atoms with E-state index >= 15 is 0 Å². The van der Waals surface area contributed by atoms with E-state index in [1.807, 2.05) is 0 Å². The summed E-state index contributed by atoms with van der Waals surface area (Å²) >= 11 is 4.48. The molecule has 0 spiro atoms. The van der Waals surface area contributed by atoms with Gasteiger partial charge < -0.3 is 16.0 Å². The van der Waals surface area contributed by atoms with Crippen LogP contribution in [0.1, 0.15) is 19.8 Å². The van der Waals surface area contributed by atoms with Gasteiger partial charge in [-0.1, -0.05) is 6.58 Å². The number of hydrogen-bond donors (Lipinski definition) is 3. The Morgan fingerprint density at radius 3 is 2.73 bits per heavy atom. The van der Waals surface area contributed by atoms with Crippen molar-refractivity contribution in [3.8, 4) is 0 Å². The molecule has 2 heterocycles. The Hall–Kier alpha value is -0.190. The van der Waals surface area contributed by atoms with Crippen molar-refractivity contribution in [3.63, 3.8) is 0 Å². The molecule has 3 nitrogen and oxygen atoms in total. The predicted molar refractivity (Wildman–Crippen MR) is 67.1 cm³/mol. The monoisotopic (exact) mass is 227 g/mol. The smallest absolute Gasteiger partial charge is 0.0476 e. The molecule has 4 heteroatoms. The SMILES string of the molecule is C=C(C1CC(S)CN1)N1CC(N)CC1C. The molecule has 15 heavy (non-hydrogen) atoms. The normalized spacial score (nSPS) is 41.1. The van der Waals surface area contributed by atoms with Gasteiger partial charge in [0, 0.05) is 42.2 Å². The number of nitrogens with two attached hydrogens (primary N) is 1. The summed E-state index contributed by atoms with van der Waals surface area (Å²) in [5.41, 5.74) is 7.16. The Morgan fingerprint density at radius 2 is 2.27 bits per heavy atom. The standard InChI is InChI=1S/C11H21N3S/c1-7-3-9(12)6-14(7)8(2)11-4-10(15)5-13-11/h7,9-11,13,15H,2-6,12H2,1H3. The Morgan fingerprint density at radius 1 is 1.53 bits per heavy atom. The minimum absolute atomic E-state index is 0.310. The summed E-state index contributed by atoms with van der Waals surface area (Å²) in [6.07, 6.45) is 2.16. The Kier molecular flexibility index (Phi) is 3.28. The fourth-order valence-corrected chi connectivity index (χ4v) is 2.96. The number of hydrogen-bond acceptors (Lipinski definition) is 4. The predicted octanol–water partition coefficient (Wildman–Crippen LogP) is 0.582. The van der Waals surface area contributed by atoms with Gasteiger partial charge in [0.15, 0.2) is 0 Å². The maximum absolute atomic E-state index is 5.96. The summed E-state index contributed by atoms with van der Waals surface area (Å²) in [5, 5.41) is 3.93. The number of nitrogens with one attached hydrogen (secondary N) is 1. The lowest BCUT2D eigenvalue weighted by Crippen LogP contribution is -2.37. The van der Waals surface area contributed by atoms with Crippen LogP contribution in [0.5, 0.6) is 0 Å². The summed E-state index contributed by atoms with van der Waals surface area (Å²) in [6, 6.07) is 1.25. The molecule has 2 fully saturated rings. The van der Waals surface area contributed by atoms with Crippen LogP contribution < -0.4 is 11.1 Å². The van der Waals surface area contributed by atoms with Crippen molar-refractivity contribution >= 4 is 12.6 Å². The van der Waals surface area contributed by atoms with Crippen molar-refractivity contribution in [2.75, 3.05) is 13.1 Å². The number of thiol groups is 1. The molecular weight excluding hydrogens is 206 g/mol. The molecule has 0 amide bonds. The largest absolute Gasteiger partial charge is 0.370 e. The fourth-order valence-electron chi connectivity index (χ4n) is 2.64. The third-order valence-electron chi connectivity index (χ3n) is 3.49. The Labute approximate surface area is 97.5 Å². The van der Waals surface area contributed by atoms with Crippen molar-refractivity contribution in [2.45, 2.75) is 43.1 Å². The average Bonchev–Trinajstić information content (AvgIpc) is 2.71. The van der Waals surface area contributed by atoms with Gasteiger partial charge >= 0.3 is 0 Å². The summed E-state index contributed by atoms with van der Waals surface area (Å²) in [7, 11) is 0. The third kappa shape index (κ3) is 2.32. The van der Waals surface area contributed by atoms with E-state index in [0.29, 0.717) is 23.4 Å². The molecule has 2 rings (SSSR count). The third-order valence-corrected chi connectivity index (χ3v) is 3.88. The molecule has 0 aliphatic carbocycles. The first-order valence-electron chi connectivity index (χ1n) is 5.70. The van der Waals surface area contributed by atoms with Gasteiger partial charge in [0.05, 0.1) is 0 Å². The molecule has 2 saturated heterocycles. The van der Waals surface area contributed by atoms with Crippen molar-refractivity contribution < 1.29 is 0 Å². The lowest BCUT2D eigenvalue weighted by Gasteiger charge is -2.29. The second kappa shape index (κ2) is 4.36. The van der Waals surface area contributed by atoms with Crippen LogP contribution in [0, 0.1) is 0 Å². The molecule has 3 N–H and O–H groups in total. The first-order chi connectivity index (χ1) is 7.08. The fraction of sp³-hybridized carbons (Fsp3) is 0.818. The highest BCUT2D eigenvalue weighted by atomic mass is 32.1. The highest BCUT2D eigenvalue weighted by molar-refractivity contribution is 7.81. The van der Waals surface area contributed by atoms with E-state index in [2.05, 4.69) is 36.3 Å². The molecule has 2 aliphatic heterocycles. The lowest BCUT2D eigenvalue weighted by molar-refractivity contribution is 0.311. The number of nitrogens with zero attached hydrogens (tertiary/aromatic N) is 1. The van der Waals surface area contributed by atoms with E-state index in [0.717, 1.165) is 25.9 Å². The summed E-state index contributed by atoms with van der Waals surface area (Å²) in [4.78, 5) is 2.36. The molecule has 0 aromatic heterocycles. The van der Waals surface area contributed by atoms with E-state index in [4.69, 9.17) is 5.73 Å². The minimum Gasteiger partial charge on any atom is -0.370 e. The average molecular weight is 227 g/mol. The van der Waals surface area contributed by atoms with E-state index in [1.165, 1.54) is 5.70 Å². The number of rotatable bonds is 2. The maximum atomic E-state index is 5.96. The van der Waals surface area contributed by atoms with Gasteiger partial charge in [0.25, 0.3) is 0 Å². The highest BCUT2D eigenvalue weighted by Gasteiger charge is 2.32. The van der Waals surface area contributed by atoms with Gasteiger partial charge in [-0.3, -0.25) is 0 Å². The molecule has 0 aromatic carbocycles. The second-order valence-electron chi connectivity index (χ2n) is 4.84. The van der Waals surface area contributed by atoms with Gasteiger partial charge in [-0.15, -0.1) is 0 Å². The van der Waals surface area contributed by atoms with Crippen molar-refractivity contribution in [1.29, 1.82) is 0 Å². The molecule has 2 aliphatic rings. The summed E-state index contributed by atoms with van der Waals surface area (Å²) < 4.78 is 0. The van der Waals surface area contributed by atoms with Crippen LogP contribution in [0.25, 0.3) is 0 Å². The molecule has 86 valence electrons. The quantitative estimate of drug-likeness (QED) is 0.605. The first kappa shape index (κ1) is 11.3. The van der Waals surface area contributed by atoms with Crippen LogP contribution in [0.3, 0.4) is 0 Å². The molecule has 0 radical (unpaired) electrons. The van der Waals surface area contributed by atoms with Gasteiger partial charge in [0.2, 0.25) is 0 Å². The van der Waals surface area contributed by atoms with E-state index in [-0.39, 0.29) is 0 Å². The van der Waals surface area contributed by atoms with Crippen LogP contribution in [-0.2, 0) is 0 Å². The Bertz CT molecular complexity index is 256. The van der Waals surface area contributed by atoms with E-state index in [1.54, 1.807) is 0 Å². The van der Waals surface area contributed by atoms with Crippen LogP contribution in [0.15, 0.2) is 12.3 Å². The Balaban J connectivity index is 1.96. The molecule has 4 unspecified atom stereocenters. The molecule has 0 saturated carbocycles. The zero-order valence-electron chi connectivity index (χ0n) is 9.32. The maximum Gasteiger partial charge on any atom is 0.0476 e. The van der Waals surface area contributed by atoms with Crippen molar-refractivity contribution in [1.82, 2.24) is 10.2 Å². The zero-order chi connectivity index (χ0) is 11.0. The first-order valence-corrected chi connectivity index (χ1v) is 6.22. The molecule has 0 bridgehead atoms. The zero-order valence-corrected chi connectivity index (χ0v) is 10.2. The number of likely N-dealkylation sites (tertiary alicyclic amines) is 1. The summed E-state index contributed by atoms with van der Waals surface area (Å²) in [6.45, 7) is 8.38. The molecular formula is C11H21N3S. The highest BCUT2D eigenvalue weighted by Crippen LogP contribution is 2.26. The molecule has 0 aromatic rings. The van der Waals surface area contributed by atoms with Crippen molar-refractivity contribution in [2.24, 2.45) is 5.73 Å². The topological polar surface area (TPSA) is 41.3 Å². The minimum atomic E-state index is 0.310. The van der Waals surface area contributed by atoms with Crippen LogP contribution in [-0.4, -0.2) is 41.4 Å². The van der Waals surface area contributed by atoms with Crippen LogP contribution in [0.2, 0.25) is 0 Å². The lowest BCUT2D eigenvalue weighted by atomic mass is 10.1. The van der Waals surface area contributed by atoms with Crippen LogP contribution >= 0.6 is 12.6 Å². The summed E-state index contributed by atoms with van der Waals surface area (Å²) in [5.74, 6) is 0.